The lowest BCUT2D eigenvalue weighted by Crippen LogP contribution is -2.16. The van der Waals surface area contributed by atoms with Crippen LogP contribution in [0.25, 0.3) is 0 Å². The Kier molecular flexibility index (Phi) is 4.99. The highest BCUT2D eigenvalue weighted by Crippen LogP contribution is 2.20. The third kappa shape index (κ3) is 3.32. The molecule has 0 saturated carbocycles. The lowest BCUT2D eigenvalue weighted by atomic mass is 9.95. The average Bonchev–Trinajstić information content (AvgIpc) is 2.20. The van der Waals surface area contributed by atoms with E-state index < -0.39 is 0 Å². The first kappa shape index (κ1) is 11.5. The van der Waals surface area contributed by atoms with E-state index in [9.17, 15) is 0 Å². The van der Waals surface area contributed by atoms with Crippen molar-refractivity contribution in [3.05, 3.63) is 34.9 Å². The normalized spacial score (nSPS) is 12.8. The van der Waals surface area contributed by atoms with Gasteiger partial charge in [-0.2, -0.15) is 0 Å². The van der Waals surface area contributed by atoms with E-state index in [1.54, 1.807) is 0 Å². The van der Waals surface area contributed by atoms with Gasteiger partial charge in [0.1, 0.15) is 0 Å². The minimum atomic E-state index is 0.569. The number of benzene rings is 1. The van der Waals surface area contributed by atoms with Crippen molar-refractivity contribution >= 4 is 11.6 Å². The van der Waals surface area contributed by atoms with Gasteiger partial charge in [-0.25, -0.2) is 0 Å². The maximum atomic E-state index is 6.08. The summed E-state index contributed by atoms with van der Waals surface area (Å²) >= 11 is 6.08. The van der Waals surface area contributed by atoms with E-state index in [2.05, 4.69) is 13.0 Å². The fraction of sp³-hybridized carbons (Fsp3) is 0.500. The first-order valence-corrected chi connectivity index (χ1v) is 5.59. The first-order valence-electron chi connectivity index (χ1n) is 5.21. The molecule has 1 nitrogen and oxygen atoms in total. The lowest BCUT2D eigenvalue weighted by Gasteiger charge is -2.14. The van der Waals surface area contributed by atoms with Gasteiger partial charge in [0.25, 0.3) is 0 Å². The van der Waals surface area contributed by atoms with Crippen LogP contribution in [-0.4, -0.2) is 6.54 Å². The molecule has 1 atom stereocenters. The first-order chi connectivity index (χ1) is 6.77. The highest BCUT2D eigenvalue weighted by atomic mass is 35.5. The van der Waals surface area contributed by atoms with E-state index >= 15 is 0 Å². The minimum absolute atomic E-state index is 0.569. The lowest BCUT2D eigenvalue weighted by molar-refractivity contribution is 0.487. The molecule has 0 saturated heterocycles. The Morgan fingerprint density at radius 1 is 1.36 bits per heavy atom. The molecule has 2 heteroatoms. The highest BCUT2D eigenvalue weighted by Gasteiger charge is 2.08. The van der Waals surface area contributed by atoms with Crippen molar-refractivity contribution in [3.63, 3.8) is 0 Å². The molecular weight excluding hydrogens is 194 g/mol. The van der Waals surface area contributed by atoms with Crippen molar-refractivity contribution in [2.24, 2.45) is 11.7 Å². The molecule has 1 rings (SSSR count). The average molecular weight is 212 g/mol. The molecule has 14 heavy (non-hydrogen) atoms. The molecule has 0 aliphatic carbocycles. The molecule has 0 amide bonds. The van der Waals surface area contributed by atoms with Crippen LogP contribution in [0.2, 0.25) is 5.02 Å². The van der Waals surface area contributed by atoms with E-state index in [1.807, 2.05) is 18.2 Å². The number of rotatable bonds is 5. The Labute approximate surface area is 91.3 Å². The molecule has 0 aromatic heterocycles. The molecule has 2 N–H and O–H groups in total. The zero-order valence-corrected chi connectivity index (χ0v) is 9.43. The van der Waals surface area contributed by atoms with Gasteiger partial charge in [0, 0.05) is 5.02 Å². The Morgan fingerprint density at radius 3 is 2.64 bits per heavy atom. The minimum Gasteiger partial charge on any atom is -0.330 e. The number of halogens is 1. The van der Waals surface area contributed by atoms with Crippen LogP contribution in [-0.2, 0) is 6.42 Å². The summed E-state index contributed by atoms with van der Waals surface area (Å²) in [6.07, 6.45) is 3.37. The third-order valence-corrected chi connectivity index (χ3v) is 2.87. The molecule has 1 unspecified atom stereocenters. The number of hydrogen-bond acceptors (Lipinski definition) is 1. The van der Waals surface area contributed by atoms with E-state index in [1.165, 1.54) is 18.4 Å². The van der Waals surface area contributed by atoms with Gasteiger partial charge in [0.15, 0.2) is 0 Å². The Balaban J connectivity index is 2.62. The molecule has 1 aromatic rings. The van der Waals surface area contributed by atoms with Crippen LogP contribution in [0.3, 0.4) is 0 Å². The number of nitrogens with two attached hydrogens (primary N) is 1. The Morgan fingerprint density at radius 2 is 2.07 bits per heavy atom. The summed E-state index contributed by atoms with van der Waals surface area (Å²) in [4.78, 5) is 0. The van der Waals surface area contributed by atoms with Crippen LogP contribution >= 0.6 is 11.6 Å². The second-order valence-corrected chi connectivity index (χ2v) is 4.09. The molecule has 1 aromatic carbocycles. The van der Waals surface area contributed by atoms with Gasteiger partial charge in [-0.3, -0.25) is 0 Å². The zero-order chi connectivity index (χ0) is 10.4. The second kappa shape index (κ2) is 6.05. The fourth-order valence-electron chi connectivity index (χ4n) is 1.69. The van der Waals surface area contributed by atoms with Crippen LogP contribution in [0.5, 0.6) is 0 Å². The largest absolute Gasteiger partial charge is 0.330 e. The van der Waals surface area contributed by atoms with E-state index in [-0.39, 0.29) is 0 Å². The van der Waals surface area contributed by atoms with Crippen LogP contribution in [0, 0.1) is 5.92 Å². The van der Waals surface area contributed by atoms with Gasteiger partial charge in [-0.05, 0) is 36.9 Å². The summed E-state index contributed by atoms with van der Waals surface area (Å²) in [6.45, 7) is 2.94. The van der Waals surface area contributed by atoms with Crippen molar-refractivity contribution in [2.75, 3.05) is 6.54 Å². The quantitative estimate of drug-likeness (QED) is 0.795. The van der Waals surface area contributed by atoms with Crippen LogP contribution in [0.1, 0.15) is 25.3 Å². The second-order valence-electron chi connectivity index (χ2n) is 3.69. The summed E-state index contributed by atoms with van der Waals surface area (Å²) in [7, 11) is 0. The van der Waals surface area contributed by atoms with Crippen molar-refractivity contribution in [2.45, 2.75) is 26.2 Å². The van der Waals surface area contributed by atoms with Crippen molar-refractivity contribution in [1.29, 1.82) is 0 Å². The van der Waals surface area contributed by atoms with Gasteiger partial charge < -0.3 is 5.73 Å². The van der Waals surface area contributed by atoms with Gasteiger partial charge in [-0.1, -0.05) is 43.1 Å². The number of hydrogen-bond donors (Lipinski definition) is 1. The Hall–Kier alpha value is -0.530. The SMILES string of the molecule is CCCC(CN)Cc1ccccc1Cl. The highest BCUT2D eigenvalue weighted by molar-refractivity contribution is 6.31. The van der Waals surface area contributed by atoms with Crippen molar-refractivity contribution in [3.8, 4) is 0 Å². The monoisotopic (exact) mass is 211 g/mol. The van der Waals surface area contributed by atoms with Crippen molar-refractivity contribution in [1.82, 2.24) is 0 Å². The standard InChI is InChI=1S/C12H18ClN/c1-2-5-10(9-14)8-11-6-3-4-7-12(11)13/h3-4,6-7,10H,2,5,8-9,14H2,1H3. The predicted molar refractivity (Wildman–Crippen MR) is 62.6 cm³/mol. The van der Waals surface area contributed by atoms with Gasteiger partial charge in [0.2, 0.25) is 0 Å². The molecule has 0 radical (unpaired) electrons. The molecule has 0 spiro atoms. The third-order valence-electron chi connectivity index (χ3n) is 2.50. The van der Waals surface area contributed by atoms with E-state index in [4.69, 9.17) is 17.3 Å². The van der Waals surface area contributed by atoms with E-state index in [0.29, 0.717) is 5.92 Å². The van der Waals surface area contributed by atoms with Crippen LogP contribution < -0.4 is 5.73 Å². The van der Waals surface area contributed by atoms with E-state index in [0.717, 1.165) is 18.0 Å². The molecule has 78 valence electrons. The summed E-state index contributed by atoms with van der Waals surface area (Å²) in [5.74, 6) is 0.569. The summed E-state index contributed by atoms with van der Waals surface area (Å²) < 4.78 is 0. The molecule has 0 bridgehead atoms. The topological polar surface area (TPSA) is 26.0 Å². The molecule has 0 fully saturated rings. The van der Waals surface area contributed by atoms with Crippen molar-refractivity contribution < 1.29 is 0 Å². The summed E-state index contributed by atoms with van der Waals surface area (Å²) in [5.41, 5.74) is 6.93. The predicted octanol–water partition coefficient (Wildman–Crippen LogP) is 3.26. The zero-order valence-electron chi connectivity index (χ0n) is 8.67. The van der Waals surface area contributed by atoms with Gasteiger partial charge >= 0.3 is 0 Å². The maximum Gasteiger partial charge on any atom is 0.0438 e. The smallest absolute Gasteiger partial charge is 0.0438 e. The molecular formula is C12H18ClN. The van der Waals surface area contributed by atoms with Crippen LogP contribution in [0.4, 0.5) is 0 Å². The van der Waals surface area contributed by atoms with Crippen LogP contribution in [0.15, 0.2) is 24.3 Å². The maximum absolute atomic E-state index is 6.08. The molecule has 0 heterocycles. The summed E-state index contributed by atoms with van der Waals surface area (Å²) in [6, 6.07) is 8.01. The fourth-order valence-corrected chi connectivity index (χ4v) is 1.90. The van der Waals surface area contributed by atoms with Gasteiger partial charge in [0.05, 0.1) is 0 Å². The summed E-state index contributed by atoms with van der Waals surface area (Å²) in [5, 5.41) is 0.863. The van der Waals surface area contributed by atoms with Gasteiger partial charge in [-0.15, -0.1) is 0 Å². The molecule has 0 aliphatic rings. The molecule has 0 aliphatic heterocycles. The Bertz CT molecular complexity index is 273.